The number of hydrogen-bond donors (Lipinski definition) is 1. The molecular formula is C18H19N3O3S3. The lowest BCUT2D eigenvalue weighted by molar-refractivity contribution is 0.102. The number of carbonyl (C=O) groups excluding carboxylic acids is 1. The molecule has 3 rings (SSSR count). The molecule has 2 heterocycles. The second kappa shape index (κ2) is 8.30. The zero-order valence-corrected chi connectivity index (χ0v) is 17.3. The Morgan fingerprint density at radius 1 is 1.19 bits per heavy atom. The van der Waals surface area contributed by atoms with Crippen molar-refractivity contribution in [2.45, 2.75) is 18.7 Å². The first kappa shape index (κ1) is 19.7. The van der Waals surface area contributed by atoms with E-state index in [2.05, 4.69) is 10.3 Å². The molecule has 3 aromatic rings. The monoisotopic (exact) mass is 421 g/mol. The van der Waals surface area contributed by atoms with Crippen LogP contribution in [0.3, 0.4) is 0 Å². The maximum atomic E-state index is 12.6. The molecule has 0 unspecified atom stereocenters. The van der Waals surface area contributed by atoms with Gasteiger partial charge in [-0.15, -0.1) is 11.3 Å². The van der Waals surface area contributed by atoms with E-state index in [9.17, 15) is 13.2 Å². The first-order valence-corrected chi connectivity index (χ1v) is 11.6. The molecule has 0 saturated carbocycles. The van der Waals surface area contributed by atoms with Crippen LogP contribution in [0.15, 0.2) is 51.4 Å². The Kier molecular flexibility index (Phi) is 6.05. The fourth-order valence-corrected chi connectivity index (χ4v) is 5.56. The van der Waals surface area contributed by atoms with Crippen LogP contribution in [-0.2, 0) is 10.0 Å². The number of rotatable bonds is 7. The van der Waals surface area contributed by atoms with E-state index in [4.69, 9.17) is 0 Å². The minimum Gasteiger partial charge on any atom is -0.321 e. The largest absolute Gasteiger partial charge is 0.321 e. The number of nitrogens with zero attached hydrogens (tertiary/aromatic N) is 2. The lowest BCUT2D eigenvalue weighted by atomic mass is 10.3. The maximum absolute atomic E-state index is 12.6. The van der Waals surface area contributed by atoms with Crippen molar-refractivity contribution in [1.29, 1.82) is 0 Å². The molecule has 1 aromatic carbocycles. The minimum absolute atomic E-state index is 0.154. The molecular weight excluding hydrogens is 402 g/mol. The summed E-state index contributed by atoms with van der Waals surface area (Å²) in [6.07, 6.45) is 0. The Labute approximate surface area is 166 Å². The molecule has 0 saturated heterocycles. The fourth-order valence-electron chi connectivity index (χ4n) is 2.54. The van der Waals surface area contributed by atoms with E-state index in [0.717, 1.165) is 10.6 Å². The number of nitrogens with one attached hydrogen (secondary N) is 1. The molecule has 142 valence electrons. The maximum Gasteiger partial charge on any atom is 0.275 e. The predicted molar refractivity (Wildman–Crippen MR) is 110 cm³/mol. The van der Waals surface area contributed by atoms with Gasteiger partial charge in [0.1, 0.15) is 10.7 Å². The molecule has 0 aliphatic carbocycles. The van der Waals surface area contributed by atoms with Gasteiger partial charge in [0.05, 0.1) is 4.90 Å². The third-order valence-corrected chi connectivity index (χ3v) is 7.56. The van der Waals surface area contributed by atoms with Gasteiger partial charge in [-0.05, 0) is 29.6 Å². The highest BCUT2D eigenvalue weighted by Gasteiger charge is 2.22. The van der Waals surface area contributed by atoms with Crippen molar-refractivity contribution in [2.24, 2.45) is 0 Å². The molecule has 1 N–H and O–H groups in total. The fraction of sp³-hybridized carbons (Fsp3) is 0.222. The smallest absolute Gasteiger partial charge is 0.275 e. The minimum atomic E-state index is -3.58. The third-order valence-electron chi connectivity index (χ3n) is 3.94. The van der Waals surface area contributed by atoms with Gasteiger partial charge in [0, 0.05) is 35.1 Å². The van der Waals surface area contributed by atoms with Crippen LogP contribution in [0.25, 0.3) is 10.6 Å². The first-order valence-electron chi connectivity index (χ1n) is 8.35. The number of thiophene rings is 1. The van der Waals surface area contributed by atoms with Crippen LogP contribution in [0.4, 0.5) is 5.69 Å². The molecule has 0 fully saturated rings. The third kappa shape index (κ3) is 4.27. The summed E-state index contributed by atoms with van der Waals surface area (Å²) in [6.45, 7) is 4.36. The van der Waals surface area contributed by atoms with Crippen LogP contribution in [0.2, 0.25) is 0 Å². The molecule has 0 aliphatic rings. The first-order chi connectivity index (χ1) is 13.0. The number of carbonyl (C=O) groups is 1. The van der Waals surface area contributed by atoms with Gasteiger partial charge in [0.15, 0.2) is 0 Å². The number of amides is 1. The van der Waals surface area contributed by atoms with E-state index >= 15 is 0 Å². The van der Waals surface area contributed by atoms with Gasteiger partial charge in [-0.2, -0.15) is 15.6 Å². The summed E-state index contributed by atoms with van der Waals surface area (Å²) in [5, 5.41) is 9.13. The van der Waals surface area contributed by atoms with Crippen molar-refractivity contribution in [1.82, 2.24) is 9.29 Å². The quantitative estimate of drug-likeness (QED) is 0.621. The van der Waals surface area contributed by atoms with E-state index in [1.165, 1.54) is 27.8 Å². The number of benzene rings is 1. The molecule has 0 spiro atoms. The topological polar surface area (TPSA) is 79.4 Å². The molecule has 0 bridgehead atoms. The lowest BCUT2D eigenvalue weighted by Gasteiger charge is -2.18. The van der Waals surface area contributed by atoms with Crippen molar-refractivity contribution in [3.8, 4) is 10.6 Å². The van der Waals surface area contributed by atoms with Crippen molar-refractivity contribution in [3.05, 3.63) is 52.2 Å². The van der Waals surface area contributed by atoms with E-state index in [1.807, 2.05) is 16.8 Å². The highest BCUT2D eigenvalue weighted by Crippen LogP contribution is 2.26. The van der Waals surface area contributed by atoms with E-state index in [1.54, 1.807) is 42.7 Å². The van der Waals surface area contributed by atoms with Gasteiger partial charge in [-0.1, -0.05) is 19.9 Å². The Morgan fingerprint density at radius 2 is 1.96 bits per heavy atom. The molecule has 6 nitrogen and oxygen atoms in total. The summed E-state index contributed by atoms with van der Waals surface area (Å²) < 4.78 is 26.7. The van der Waals surface area contributed by atoms with Gasteiger partial charge in [-0.25, -0.2) is 13.4 Å². The molecule has 1 amide bonds. The van der Waals surface area contributed by atoms with Crippen LogP contribution in [0.5, 0.6) is 0 Å². The number of anilines is 1. The summed E-state index contributed by atoms with van der Waals surface area (Å²) in [5.41, 5.74) is 1.70. The summed E-state index contributed by atoms with van der Waals surface area (Å²) in [6, 6.07) is 8.22. The van der Waals surface area contributed by atoms with Crippen molar-refractivity contribution >= 4 is 44.3 Å². The molecule has 9 heteroatoms. The van der Waals surface area contributed by atoms with Crippen LogP contribution < -0.4 is 5.32 Å². The van der Waals surface area contributed by atoms with Gasteiger partial charge in [0.25, 0.3) is 5.91 Å². The summed E-state index contributed by atoms with van der Waals surface area (Å²) in [5.74, 6) is -0.370. The van der Waals surface area contributed by atoms with Crippen LogP contribution in [-0.4, -0.2) is 36.7 Å². The summed E-state index contributed by atoms with van der Waals surface area (Å²) in [4.78, 5) is 17.0. The Bertz CT molecular complexity index is 1020. The standard InChI is InChI=1S/C18H19N3O3S3/c1-3-21(4-2)27(23,24)15-7-5-6-14(10-15)19-17(22)16-12-26-18(20-16)13-8-9-25-11-13/h5-12H,3-4H2,1-2H3,(H,19,22). The molecule has 0 radical (unpaired) electrons. The number of hydrogen-bond acceptors (Lipinski definition) is 6. The average molecular weight is 422 g/mol. The molecule has 2 aromatic heterocycles. The highest BCUT2D eigenvalue weighted by molar-refractivity contribution is 7.89. The normalized spacial score (nSPS) is 11.7. The lowest BCUT2D eigenvalue weighted by Crippen LogP contribution is -2.30. The second-order valence-corrected chi connectivity index (χ2v) is 9.20. The van der Waals surface area contributed by atoms with Crippen LogP contribution >= 0.6 is 22.7 Å². The number of aromatic nitrogens is 1. The average Bonchev–Trinajstić information content (AvgIpc) is 3.34. The van der Waals surface area contributed by atoms with E-state index < -0.39 is 10.0 Å². The summed E-state index contributed by atoms with van der Waals surface area (Å²) in [7, 11) is -3.58. The second-order valence-electron chi connectivity index (χ2n) is 5.62. The predicted octanol–water partition coefficient (Wildman–Crippen LogP) is 4.15. The number of sulfonamides is 1. The van der Waals surface area contributed by atoms with Crippen molar-refractivity contribution in [3.63, 3.8) is 0 Å². The van der Waals surface area contributed by atoms with E-state index in [0.29, 0.717) is 24.5 Å². The van der Waals surface area contributed by atoms with E-state index in [-0.39, 0.29) is 10.8 Å². The van der Waals surface area contributed by atoms with Gasteiger partial charge in [-0.3, -0.25) is 4.79 Å². The summed E-state index contributed by atoms with van der Waals surface area (Å²) >= 11 is 2.97. The van der Waals surface area contributed by atoms with Gasteiger partial charge in [0.2, 0.25) is 10.0 Å². The number of thiazole rings is 1. The molecule has 0 atom stereocenters. The van der Waals surface area contributed by atoms with Gasteiger partial charge < -0.3 is 5.32 Å². The Balaban J connectivity index is 1.79. The highest BCUT2D eigenvalue weighted by atomic mass is 32.2. The van der Waals surface area contributed by atoms with Crippen LogP contribution in [0.1, 0.15) is 24.3 Å². The Morgan fingerprint density at radius 3 is 2.63 bits per heavy atom. The Hall–Kier alpha value is -2.07. The zero-order valence-electron chi connectivity index (χ0n) is 14.9. The molecule has 0 aliphatic heterocycles. The van der Waals surface area contributed by atoms with Crippen molar-refractivity contribution in [2.75, 3.05) is 18.4 Å². The molecule has 27 heavy (non-hydrogen) atoms. The van der Waals surface area contributed by atoms with Crippen molar-refractivity contribution < 1.29 is 13.2 Å². The van der Waals surface area contributed by atoms with Crippen LogP contribution in [0, 0.1) is 0 Å². The SMILES string of the molecule is CCN(CC)S(=O)(=O)c1cccc(NC(=O)c2csc(-c3ccsc3)n2)c1. The van der Waals surface area contributed by atoms with Gasteiger partial charge >= 0.3 is 0 Å². The zero-order chi connectivity index (χ0) is 19.4.